The van der Waals surface area contributed by atoms with Crippen molar-refractivity contribution < 1.29 is 28.6 Å². The molecule has 0 N–H and O–H groups in total. The second-order valence-electron chi connectivity index (χ2n) is 5.60. The van der Waals surface area contributed by atoms with Gasteiger partial charge in [-0.1, -0.05) is 19.7 Å². The van der Waals surface area contributed by atoms with E-state index in [0.29, 0.717) is 24.8 Å². The van der Waals surface area contributed by atoms with Gasteiger partial charge in [0.2, 0.25) is 0 Å². The van der Waals surface area contributed by atoms with Gasteiger partial charge in [0.1, 0.15) is 12.7 Å². The van der Waals surface area contributed by atoms with Crippen LogP contribution in [0, 0.1) is 0 Å². The molecule has 0 amide bonds. The molecule has 0 aromatic rings. The predicted octanol–water partition coefficient (Wildman–Crippen LogP) is 2.88. The van der Waals surface area contributed by atoms with Gasteiger partial charge < -0.3 is 14.2 Å². The number of rotatable bonds is 11. The van der Waals surface area contributed by atoms with E-state index in [4.69, 9.17) is 14.2 Å². The normalized spacial score (nSPS) is 11.1. The number of carbonyl (C=O) groups is 3. The Balaban J connectivity index is 4.33. The van der Waals surface area contributed by atoms with Crippen LogP contribution < -0.4 is 0 Å². The van der Waals surface area contributed by atoms with E-state index in [1.54, 1.807) is 6.92 Å². The summed E-state index contributed by atoms with van der Waals surface area (Å²) in [6, 6.07) is 0. The van der Waals surface area contributed by atoms with Gasteiger partial charge >= 0.3 is 17.9 Å². The Kier molecular flexibility index (Phi) is 10.1. The van der Waals surface area contributed by atoms with E-state index < -0.39 is 24.0 Å². The van der Waals surface area contributed by atoms with Crippen molar-refractivity contribution in [1.29, 1.82) is 0 Å². The third kappa shape index (κ3) is 9.61. The highest BCUT2D eigenvalue weighted by atomic mass is 16.6. The van der Waals surface area contributed by atoms with Crippen LogP contribution in [0.2, 0.25) is 0 Å². The molecular weight excluding hydrogens is 312 g/mol. The molecule has 0 aromatic heterocycles. The number of ether oxygens (including phenoxy) is 3. The molecule has 0 aliphatic carbocycles. The Hall–Kier alpha value is -2.37. The van der Waals surface area contributed by atoms with Gasteiger partial charge in [-0.2, -0.15) is 0 Å². The molecule has 0 fully saturated rings. The average molecular weight is 338 g/mol. The molecule has 0 saturated heterocycles. The molecule has 0 aliphatic heterocycles. The Bertz CT molecular complexity index is 518. The Morgan fingerprint density at radius 3 is 1.79 bits per heavy atom. The topological polar surface area (TPSA) is 78.9 Å². The van der Waals surface area contributed by atoms with E-state index in [1.165, 1.54) is 13.8 Å². The average Bonchev–Trinajstić information content (AvgIpc) is 2.50. The molecule has 0 aromatic carbocycles. The van der Waals surface area contributed by atoms with E-state index in [0.717, 1.165) is 0 Å². The minimum Gasteiger partial charge on any atom is -0.462 e. The smallest absolute Gasteiger partial charge is 0.333 e. The fourth-order valence-corrected chi connectivity index (χ4v) is 1.48. The largest absolute Gasteiger partial charge is 0.462 e. The van der Waals surface area contributed by atoms with Gasteiger partial charge in [0.15, 0.2) is 0 Å². The van der Waals surface area contributed by atoms with Crippen molar-refractivity contribution in [3.8, 4) is 0 Å². The van der Waals surface area contributed by atoms with Gasteiger partial charge in [-0.25, -0.2) is 14.4 Å². The molecule has 1 atom stereocenters. The molecule has 24 heavy (non-hydrogen) atoms. The summed E-state index contributed by atoms with van der Waals surface area (Å²) in [5.41, 5.74) is 0.878. The minimum atomic E-state index is -0.589. The number of hydrogen-bond donors (Lipinski definition) is 0. The highest BCUT2D eigenvalue weighted by Crippen LogP contribution is 2.10. The monoisotopic (exact) mass is 338 g/mol. The highest BCUT2D eigenvalue weighted by molar-refractivity contribution is 5.88. The van der Waals surface area contributed by atoms with Crippen molar-refractivity contribution in [2.75, 3.05) is 13.2 Å². The Morgan fingerprint density at radius 2 is 1.29 bits per heavy atom. The fourth-order valence-electron chi connectivity index (χ4n) is 1.48. The third-order valence-corrected chi connectivity index (χ3v) is 2.87. The van der Waals surface area contributed by atoms with Crippen LogP contribution in [-0.2, 0) is 28.6 Å². The lowest BCUT2D eigenvalue weighted by atomic mass is 10.1. The highest BCUT2D eigenvalue weighted by Gasteiger charge is 2.17. The fraction of sp³-hybridized carbons (Fsp3) is 0.500. The van der Waals surface area contributed by atoms with Crippen molar-refractivity contribution in [3.05, 3.63) is 36.5 Å². The maximum absolute atomic E-state index is 11.6. The van der Waals surface area contributed by atoms with E-state index in [-0.39, 0.29) is 24.4 Å². The molecule has 0 radical (unpaired) electrons. The van der Waals surface area contributed by atoms with Crippen LogP contribution in [0.25, 0.3) is 0 Å². The van der Waals surface area contributed by atoms with Gasteiger partial charge in [0.25, 0.3) is 0 Å². The summed E-state index contributed by atoms with van der Waals surface area (Å²) in [5.74, 6) is -1.52. The first-order valence-corrected chi connectivity index (χ1v) is 7.66. The van der Waals surface area contributed by atoms with Gasteiger partial charge in [0.05, 0.1) is 6.61 Å². The first kappa shape index (κ1) is 21.6. The van der Waals surface area contributed by atoms with Crippen LogP contribution in [0.3, 0.4) is 0 Å². The molecule has 0 spiro atoms. The van der Waals surface area contributed by atoms with E-state index in [2.05, 4.69) is 19.7 Å². The lowest BCUT2D eigenvalue weighted by Gasteiger charge is -2.18. The van der Waals surface area contributed by atoms with Crippen molar-refractivity contribution in [2.24, 2.45) is 0 Å². The summed E-state index contributed by atoms with van der Waals surface area (Å²) >= 11 is 0. The molecule has 0 rings (SSSR count). The summed E-state index contributed by atoms with van der Waals surface area (Å²) in [4.78, 5) is 34.3. The first-order chi connectivity index (χ1) is 11.1. The van der Waals surface area contributed by atoms with Crippen LogP contribution >= 0.6 is 0 Å². The zero-order valence-corrected chi connectivity index (χ0v) is 14.7. The van der Waals surface area contributed by atoms with Crippen LogP contribution in [0.15, 0.2) is 36.5 Å². The van der Waals surface area contributed by atoms with Gasteiger partial charge in [0, 0.05) is 16.7 Å². The molecule has 0 saturated carbocycles. The van der Waals surface area contributed by atoms with Crippen LogP contribution in [0.5, 0.6) is 0 Å². The van der Waals surface area contributed by atoms with Crippen LogP contribution in [0.1, 0.15) is 40.0 Å². The molecular formula is C18H26O6. The van der Waals surface area contributed by atoms with E-state index in [9.17, 15) is 14.4 Å². The standard InChI is InChI=1S/C18H26O6/c1-12(2)16(19)22-10-8-7-9-15(24-18(21)14(5)6)11-23-17(20)13(3)4/h15H,1,3,5,7-11H2,2,4,6H3. The molecule has 0 bridgehead atoms. The van der Waals surface area contributed by atoms with Crippen molar-refractivity contribution in [3.63, 3.8) is 0 Å². The summed E-state index contributed by atoms with van der Waals surface area (Å²) in [7, 11) is 0. The molecule has 0 aliphatic rings. The summed E-state index contributed by atoms with van der Waals surface area (Å²) < 4.78 is 15.2. The van der Waals surface area contributed by atoms with Crippen LogP contribution in [0.4, 0.5) is 0 Å². The number of esters is 3. The number of hydrogen-bond acceptors (Lipinski definition) is 6. The summed E-state index contributed by atoms with van der Waals surface area (Å²) in [5, 5.41) is 0. The minimum absolute atomic E-state index is 0.0593. The zero-order chi connectivity index (χ0) is 18.7. The third-order valence-electron chi connectivity index (χ3n) is 2.87. The quantitative estimate of drug-likeness (QED) is 0.249. The van der Waals surface area contributed by atoms with Crippen molar-refractivity contribution >= 4 is 17.9 Å². The molecule has 0 heterocycles. The van der Waals surface area contributed by atoms with E-state index in [1.807, 2.05) is 0 Å². The maximum Gasteiger partial charge on any atom is 0.333 e. The Morgan fingerprint density at radius 1 is 0.792 bits per heavy atom. The van der Waals surface area contributed by atoms with Gasteiger partial charge in [-0.15, -0.1) is 0 Å². The lowest BCUT2D eigenvalue weighted by molar-refractivity contribution is -0.154. The van der Waals surface area contributed by atoms with Gasteiger partial charge in [-0.3, -0.25) is 0 Å². The molecule has 6 heteroatoms. The first-order valence-electron chi connectivity index (χ1n) is 7.66. The lowest BCUT2D eigenvalue weighted by Crippen LogP contribution is -2.26. The Labute approximate surface area is 143 Å². The van der Waals surface area contributed by atoms with Crippen molar-refractivity contribution in [1.82, 2.24) is 0 Å². The van der Waals surface area contributed by atoms with Gasteiger partial charge in [-0.05, 0) is 40.0 Å². The maximum atomic E-state index is 11.6. The van der Waals surface area contributed by atoms with Crippen molar-refractivity contribution in [2.45, 2.75) is 46.1 Å². The SMILES string of the molecule is C=C(C)C(=O)OCCCCC(COC(=O)C(=C)C)OC(=O)C(=C)C. The molecule has 1 unspecified atom stereocenters. The van der Waals surface area contributed by atoms with Crippen LogP contribution in [-0.4, -0.2) is 37.2 Å². The molecule has 134 valence electrons. The summed E-state index contributed by atoms with van der Waals surface area (Å²) in [6.07, 6.45) is 1.10. The second-order valence-corrected chi connectivity index (χ2v) is 5.60. The zero-order valence-electron chi connectivity index (χ0n) is 14.7. The number of carbonyl (C=O) groups excluding carboxylic acids is 3. The molecule has 6 nitrogen and oxygen atoms in total. The predicted molar refractivity (Wildman–Crippen MR) is 90.1 cm³/mol. The number of unbranched alkanes of at least 4 members (excludes halogenated alkanes) is 1. The second kappa shape index (κ2) is 11.2. The van der Waals surface area contributed by atoms with E-state index >= 15 is 0 Å². The summed E-state index contributed by atoms with van der Waals surface area (Å²) in [6.45, 7) is 15.3.